The predicted molar refractivity (Wildman–Crippen MR) is 72.7 cm³/mol. The van der Waals surface area contributed by atoms with Crippen molar-refractivity contribution in [3.8, 4) is 0 Å². The molecule has 0 atom stereocenters. The number of carboxylic acid groups (broad SMARTS) is 1. The maximum atomic E-state index is 10.8. The van der Waals surface area contributed by atoms with Crippen molar-refractivity contribution in [1.29, 1.82) is 0 Å². The van der Waals surface area contributed by atoms with E-state index in [-0.39, 0.29) is 10.6 Å². The zero-order valence-corrected chi connectivity index (χ0v) is 11.1. The first-order chi connectivity index (χ1) is 8.42. The quantitative estimate of drug-likeness (QED) is 0.779. The largest absolute Gasteiger partial charge is 0.478 e. The fraction of sp³-hybridized carbons (Fsp3) is 0.364. The minimum atomic E-state index is -2.83. The van der Waals surface area contributed by atoms with Crippen LogP contribution in [-0.4, -0.2) is 32.5 Å². The molecule has 1 aromatic carbocycles. The summed E-state index contributed by atoms with van der Waals surface area (Å²) in [5.41, 5.74) is 0.554. The summed E-state index contributed by atoms with van der Waals surface area (Å²) in [5.74, 6) is -0.738. The Morgan fingerprint density at radius 3 is 2.61 bits per heavy atom. The van der Waals surface area contributed by atoms with Crippen molar-refractivity contribution in [2.45, 2.75) is 12.8 Å². The van der Waals surface area contributed by atoms with Gasteiger partial charge in [-0.3, -0.25) is 13.4 Å². The standard InChI is InChI=1S/C11H14ClNO4S/c12-9-7-8(11(14)15)3-4-10(9)13-5-1-2-6-18(13,16)17/h3-4,7,16-17H,1-2,5-6H2,(H,14,15). The van der Waals surface area contributed by atoms with Gasteiger partial charge in [-0.1, -0.05) is 11.6 Å². The lowest BCUT2D eigenvalue weighted by Crippen LogP contribution is -2.34. The first-order valence-corrected chi connectivity index (χ1v) is 7.53. The van der Waals surface area contributed by atoms with Crippen molar-refractivity contribution in [3.05, 3.63) is 28.8 Å². The van der Waals surface area contributed by atoms with E-state index < -0.39 is 16.7 Å². The number of carbonyl (C=O) groups is 1. The van der Waals surface area contributed by atoms with Crippen LogP contribution in [0.5, 0.6) is 0 Å². The van der Waals surface area contributed by atoms with Crippen molar-refractivity contribution >= 4 is 34.0 Å². The van der Waals surface area contributed by atoms with Crippen LogP contribution in [0, 0.1) is 0 Å². The Hall–Kier alpha value is -0.950. The summed E-state index contributed by atoms with van der Waals surface area (Å²) >= 11 is 6.02. The van der Waals surface area contributed by atoms with Crippen LogP contribution in [0.2, 0.25) is 5.02 Å². The van der Waals surface area contributed by atoms with Crippen LogP contribution in [0.3, 0.4) is 0 Å². The fourth-order valence-corrected chi connectivity index (χ4v) is 3.97. The molecule has 1 aliphatic heterocycles. The molecule has 0 amide bonds. The van der Waals surface area contributed by atoms with E-state index >= 15 is 0 Å². The fourth-order valence-electron chi connectivity index (χ4n) is 1.93. The molecule has 3 N–H and O–H groups in total. The molecule has 1 aromatic rings. The van der Waals surface area contributed by atoms with Crippen molar-refractivity contribution in [1.82, 2.24) is 0 Å². The van der Waals surface area contributed by atoms with E-state index in [9.17, 15) is 13.9 Å². The summed E-state index contributed by atoms with van der Waals surface area (Å²) in [5, 5.41) is 9.07. The highest BCUT2D eigenvalue weighted by atomic mass is 35.5. The molecule has 0 spiro atoms. The summed E-state index contributed by atoms with van der Waals surface area (Å²) in [6.45, 7) is 0.508. The number of rotatable bonds is 2. The van der Waals surface area contributed by atoms with Crippen molar-refractivity contribution in [3.63, 3.8) is 0 Å². The zero-order chi connectivity index (χ0) is 13.3. The van der Waals surface area contributed by atoms with Gasteiger partial charge in [-0.25, -0.2) is 4.79 Å². The van der Waals surface area contributed by atoms with Gasteiger partial charge in [0.05, 0.1) is 22.0 Å². The van der Waals surface area contributed by atoms with Gasteiger partial charge in [-0.2, -0.15) is 0 Å². The Labute approximate surface area is 111 Å². The summed E-state index contributed by atoms with van der Waals surface area (Å²) in [6.07, 6.45) is 1.62. The molecule has 0 aromatic heterocycles. The van der Waals surface area contributed by atoms with Crippen LogP contribution in [0.1, 0.15) is 23.2 Å². The van der Waals surface area contributed by atoms with E-state index in [2.05, 4.69) is 0 Å². The van der Waals surface area contributed by atoms with Crippen molar-refractivity contribution in [2.75, 3.05) is 16.6 Å². The lowest BCUT2D eigenvalue weighted by molar-refractivity contribution is 0.0697. The second kappa shape index (κ2) is 4.97. The molecule has 0 radical (unpaired) electrons. The molecular formula is C11H14ClNO4S. The Kier molecular flexibility index (Phi) is 3.72. The lowest BCUT2D eigenvalue weighted by atomic mass is 10.2. The molecule has 7 heteroatoms. The van der Waals surface area contributed by atoms with Gasteiger partial charge in [0.2, 0.25) is 0 Å². The molecule has 0 saturated carbocycles. The normalized spacial score (nSPS) is 20.5. The molecule has 1 heterocycles. The zero-order valence-electron chi connectivity index (χ0n) is 9.54. The monoisotopic (exact) mass is 291 g/mol. The van der Waals surface area contributed by atoms with Crippen LogP contribution in [0.15, 0.2) is 18.2 Å². The molecule has 0 aliphatic carbocycles. The van der Waals surface area contributed by atoms with E-state index in [1.54, 1.807) is 0 Å². The van der Waals surface area contributed by atoms with E-state index in [1.807, 2.05) is 0 Å². The number of hydrogen-bond donors (Lipinski definition) is 3. The average Bonchev–Trinajstić information content (AvgIpc) is 2.29. The second-order valence-corrected chi connectivity index (χ2v) is 6.64. The second-order valence-electron chi connectivity index (χ2n) is 4.12. The van der Waals surface area contributed by atoms with Gasteiger partial charge in [0, 0.05) is 6.54 Å². The minimum absolute atomic E-state index is 0.0808. The van der Waals surface area contributed by atoms with Crippen molar-refractivity contribution in [2.24, 2.45) is 0 Å². The first kappa shape index (κ1) is 13.5. The van der Waals surface area contributed by atoms with Gasteiger partial charge in [0.1, 0.15) is 0 Å². The van der Waals surface area contributed by atoms with Crippen molar-refractivity contribution < 1.29 is 19.0 Å². The first-order valence-electron chi connectivity index (χ1n) is 5.48. The van der Waals surface area contributed by atoms with E-state index in [0.717, 1.165) is 12.8 Å². The van der Waals surface area contributed by atoms with Gasteiger partial charge >= 0.3 is 5.97 Å². The maximum Gasteiger partial charge on any atom is 0.335 e. The molecule has 18 heavy (non-hydrogen) atoms. The summed E-state index contributed by atoms with van der Waals surface area (Å²) in [6, 6.07) is 4.25. The minimum Gasteiger partial charge on any atom is -0.478 e. The highest BCUT2D eigenvalue weighted by Gasteiger charge is 2.28. The van der Waals surface area contributed by atoms with Gasteiger partial charge < -0.3 is 5.11 Å². The van der Waals surface area contributed by atoms with E-state index in [1.165, 1.54) is 22.5 Å². The Balaban J connectivity index is 2.36. The average molecular weight is 292 g/mol. The van der Waals surface area contributed by atoms with Gasteiger partial charge in [0.15, 0.2) is 0 Å². The Morgan fingerprint density at radius 1 is 1.33 bits per heavy atom. The summed E-state index contributed by atoms with van der Waals surface area (Å²) in [7, 11) is -2.83. The van der Waals surface area contributed by atoms with E-state index in [4.69, 9.17) is 16.7 Å². The third kappa shape index (κ3) is 2.56. The summed E-state index contributed by atoms with van der Waals surface area (Å²) in [4.78, 5) is 10.8. The van der Waals surface area contributed by atoms with Gasteiger partial charge in [-0.05, 0) is 31.0 Å². The van der Waals surface area contributed by atoms with Crippen LogP contribution >= 0.6 is 22.4 Å². The number of carboxylic acids is 1. The number of benzene rings is 1. The SMILES string of the molecule is O=C(O)c1ccc(N2CCCCS2(O)O)c(Cl)c1. The van der Waals surface area contributed by atoms with Gasteiger partial charge in [0.25, 0.3) is 0 Å². The smallest absolute Gasteiger partial charge is 0.335 e. The highest BCUT2D eigenvalue weighted by Crippen LogP contribution is 2.51. The molecule has 0 bridgehead atoms. The number of hydrogen-bond acceptors (Lipinski definition) is 4. The molecule has 1 saturated heterocycles. The van der Waals surface area contributed by atoms with Gasteiger partial charge in [-0.15, -0.1) is 10.8 Å². The van der Waals surface area contributed by atoms with Crippen LogP contribution in [-0.2, 0) is 0 Å². The van der Waals surface area contributed by atoms with E-state index in [0.29, 0.717) is 18.0 Å². The Bertz CT molecular complexity index is 480. The molecule has 5 nitrogen and oxygen atoms in total. The number of halogens is 1. The lowest BCUT2D eigenvalue weighted by Gasteiger charge is -2.47. The molecule has 2 rings (SSSR count). The highest BCUT2D eigenvalue weighted by molar-refractivity contribution is 8.25. The molecule has 0 unspecified atom stereocenters. The maximum absolute atomic E-state index is 10.8. The topological polar surface area (TPSA) is 81.0 Å². The number of aromatic carboxylic acids is 1. The third-order valence-corrected chi connectivity index (χ3v) is 5.07. The van der Waals surface area contributed by atoms with Crippen LogP contribution in [0.25, 0.3) is 0 Å². The molecular weight excluding hydrogens is 278 g/mol. The molecule has 1 fully saturated rings. The summed E-state index contributed by atoms with van der Waals surface area (Å²) < 4.78 is 21.4. The van der Waals surface area contributed by atoms with Crippen LogP contribution < -0.4 is 4.31 Å². The molecule has 100 valence electrons. The third-order valence-electron chi connectivity index (χ3n) is 2.85. The molecule has 1 aliphatic rings. The predicted octanol–water partition coefficient (Wildman–Crippen LogP) is 3.30. The number of nitrogens with zero attached hydrogens (tertiary/aromatic N) is 1. The number of anilines is 1. The Morgan fingerprint density at radius 2 is 2.06 bits per heavy atom. The van der Waals surface area contributed by atoms with Crippen LogP contribution in [0.4, 0.5) is 5.69 Å².